The molecule has 0 aromatic carbocycles. The second-order valence-electron chi connectivity index (χ2n) is 3.60. The third kappa shape index (κ3) is 3.51. The maximum atomic E-state index is 11.4. The van der Waals surface area contributed by atoms with Crippen LogP contribution in [0.5, 0.6) is 0 Å². The minimum absolute atomic E-state index is 0.204. The van der Waals surface area contributed by atoms with Gasteiger partial charge in [0.2, 0.25) is 0 Å². The fourth-order valence-electron chi connectivity index (χ4n) is 1.07. The zero-order chi connectivity index (χ0) is 8.91. The van der Waals surface area contributed by atoms with E-state index < -0.39 is 0 Å². The first kappa shape index (κ1) is 10.6. The van der Waals surface area contributed by atoms with Crippen molar-refractivity contribution in [3.8, 4) is 0 Å². The molecule has 11 heavy (non-hydrogen) atoms. The first-order valence-corrected chi connectivity index (χ1v) is 4.28. The van der Waals surface area contributed by atoms with Crippen LogP contribution in [0.4, 0.5) is 0 Å². The molecule has 0 aromatic rings. The average molecular weight is 157 g/mol. The van der Waals surface area contributed by atoms with Crippen molar-refractivity contribution in [2.45, 2.75) is 40.0 Å². The number of ketones is 1. The molecule has 0 spiro atoms. The number of rotatable bonds is 5. The minimum Gasteiger partial charge on any atom is -0.330 e. The van der Waals surface area contributed by atoms with E-state index in [0.717, 1.165) is 12.8 Å². The van der Waals surface area contributed by atoms with Crippen molar-refractivity contribution >= 4 is 5.78 Å². The van der Waals surface area contributed by atoms with Gasteiger partial charge in [0.1, 0.15) is 5.78 Å². The molecular weight excluding hydrogens is 138 g/mol. The van der Waals surface area contributed by atoms with Gasteiger partial charge in [-0.3, -0.25) is 4.79 Å². The molecule has 2 heteroatoms. The molecule has 0 aliphatic rings. The lowest BCUT2D eigenvalue weighted by molar-refractivity contribution is -0.127. The molecule has 0 rings (SSSR count). The summed E-state index contributed by atoms with van der Waals surface area (Å²) >= 11 is 0. The SMILES string of the molecule is CCCC(=O)C(C)(C)CCN. The molecule has 0 aromatic heterocycles. The van der Waals surface area contributed by atoms with Gasteiger partial charge in [-0.25, -0.2) is 0 Å². The van der Waals surface area contributed by atoms with Crippen LogP contribution < -0.4 is 5.73 Å². The molecule has 0 atom stereocenters. The summed E-state index contributed by atoms with van der Waals surface area (Å²) in [6, 6.07) is 0. The summed E-state index contributed by atoms with van der Waals surface area (Å²) in [7, 11) is 0. The van der Waals surface area contributed by atoms with E-state index in [4.69, 9.17) is 5.73 Å². The standard InChI is InChI=1S/C9H19NO/c1-4-5-8(11)9(2,3)6-7-10/h4-7,10H2,1-3H3. The van der Waals surface area contributed by atoms with Crippen LogP contribution in [0.3, 0.4) is 0 Å². The molecule has 0 unspecified atom stereocenters. The summed E-state index contributed by atoms with van der Waals surface area (Å²) in [6.07, 6.45) is 2.42. The topological polar surface area (TPSA) is 43.1 Å². The zero-order valence-corrected chi connectivity index (χ0v) is 7.81. The van der Waals surface area contributed by atoms with Gasteiger partial charge >= 0.3 is 0 Å². The van der Waals surface area contributed by atoms with Gasteiger partial charge in [0, 0.05) is 11.8 Å². The number of carbonyl (C=O) groups is 1. The molecule has 0 amide bonds. The minimum atomic E-state index is -0.204. The molecule has 2 nitrogen and oxygen atoms in total. The Hall–Kier alpha value is -0.370. The lowest BCUT2D eigenvalue weighted by atomic mass is 9.83. The Morgan fingerprint density at radius 3 is 2.36 bits per heavy atom. The Labute approximate surface area is 69.2 Å². The summed E-state index contributed by atoms with van der Waals surface area (Å²) in [6.45, 7) is 6.56. The molecule has 2 N–H and O–H groups in total. The van der Waals surface area contributed by atoms with Gasteiger partial charge in [0.05, 0.1) is 0 Å². The second kappa shape index (κ2) is 4.50. The van der Waals surface area contributed by atoms with Crippen LogP contribution >= 0.6 is 0 Å². The van der Waals surface area contributed by atoms with Crippen molar-refractivity contribution in [3.63, 3.8) is 0 Å². The van der Waals surface area contributed by atoms with E-state index in [1.54, 1.807) is 0 Å². The molecule has 0 fully saturated rings. The van der Waals surface area contributed by atoms with Crippen LogP contribution in [0.15, 0.2) is 0 Å². The highest BCUT2D eigenvalue weighted by atomic mass is 16.1. The lowest BCUT2D eigenvalue weighted by Gasteiger charge is -2.21. The molecule has 0 bridgehead atoms. The Balaban J connectivity index is 3.94. The molecule has 0 heterocycles. The first-order chi connectivity index (χ1) is 5.04. The van der Waals surface area contributed by atoms with Crippen molar-refractivity contribution in [2.75, 3.05) is 6.54 Å². The first-order valence-electron chi connectivity index (χ1n) is 4.28. The van der Waals surface area contributed by atoms with Crippen LogP contribution in [0.2, 0.25) is 0 Å². The average Bonchev–Trinajstić information content (AvgIpc) is 1.88. The fourth-order valence-corrected chi connectivity index (χ4v) is 1.07. The van der Waals surface area contributed by atoms with Crippen LogP contribution in [-0.2, 0) is 4.79 Å². The highest BCUT2D eigenvalue weighted by Crippen LogP contribution is 2.22. The normalized spacial score (nSPS) is 11.6. The van der Waals surface area contributed by atoms with Crippen LogP contribution in [-0.4, -0.2) is 12.3 Å². The molecule has 0 aliphatic carbocycles. The predicted octanol–water partition coefficient (Wildman–Crippen LogP) is 1.73. The number of nitrogens with two attached hydrogens (primary N) is 1. The zero-order valence-electron chi connectivity index (χ0n) is 7.81. The molecule has 0 aliphatic heterocycles. The number of hydrogen-bond donors (Lipinski definition) is 1. The summed E-state index contributed by atoms with van der Waals surface area (Å²) in [5.74, 6) is 0.338. The van der Waals surface area contributed by atoms with Crippen LogP contribution in [0.25, 0.3) is 0 Å². The van der Waals surface area contributed by atoms with Crippen molar-refractivity contribution < 1.29 is 4.79 Å². The van der Waals surface area contributed by atoms with E-state index in [1.807, 2.05) is 20.8 Å². The molecular formula is C9H19NO. The molecule has 0 saturated heterocycles. The summed E-state index contributed by atoms with van der Waals surface area (Å²) in [5, 5.41) is 0. The lowest BCUT2D eigenvalue weighted by Crippen LogP contribution is -2.26. The van der Waals surface area contributed by atoms with Gasteiger partial charge in [-0.15, -0.1) is 0 Å². The number of Topliss-reactive ketones (excluding diaryl/α,β-unsaturated/α-hetero) is 1. The van der Waals surface area contributed by atoms with E-state index in [1.165, 1.54) is 0 Å². The smallest absolute Gasteiger partial charge is 0.138 e. The third-order valence-corrected chi connectivity index (χ3v) is 2.00. The van der Waals surface area contributed by atoms with Crippen molar-refractivity contribution in [1.82, 2.24) is 0 Å². The molecule has 66 valence electrons. The van der Waals surface area contributed by atoms with Gasteiger partial charge in [-0.05, 0) is 19.4 Å². The van der Waals surface area contributed by atoms with E-state index >= 15 is 0 Å². The monoisotopic (exact) mass is 157 g/mol. The molecule has 0 saturated carbocycles. The third-order valence-electron chi connectivity index (χ3n) is 2.00. The van der Waals surface area contributed by atoms with E-state index in [0.29, 0.717) is 18.7 Å². The molecule has 0 radical (unpaired) electrons. The van der Waals surface area contributed by atoms with Gasteiger partial charge in [-0.2, -0.15) is 0 Å². The second-order valence-corrected chi connectivity index (χ2v) is 3.60. The van der Waals surface area contributed by atoms with E-state index in [2.05, 4.69) is 0 Å². The summed E-state index contributed by atoms with van der Waals surface area (Å²) < 4.78 is 0. The highest BCUT2D eigenvalue weighted by Gasteiger charge is 2.24. The Bertz CT molecular complexity index is 130. The maximum Gasteiger partial charge on any atom is 0.138 e. The Morgan fingerprint density at radius 2 is 2.00 bits per heavy atom. The number of hydrogen-bond acceptors (Lipinski definition) is 2. The van der Waals surface area contributed by atoms with E-state index in [9.17, 15) is 4.79 Å². The van der Waals surface area contributed by atoms with Crippen LogP contribution in [0, 0.1) is 5.41 Å². The van der Waals surface area contributed by atoms with Crippen molar-refractivity contribution in [3.05, 3.63) is 0 Å². The highest BCUT2D eigenvalue weighted by molar-refractivity contribution is 5.83. The summed E-state index contributed by atoms with van der Waals surface area (Å²) in [5.41, 5.74) is 5.19. The van der Waals surface area contributed by atoms with Crippen molar-refractivity contribution in [1.29, 1.82) is 0 Å². The largest absolute Gasteiger partial charge is 0.330 e. The predicted molar refractivity (Wildman–Crippen MR) is 47.4 cm³/mol. The van der Waals surface area contributed by atoms with Gasteiger partial charge < -0.3 is 5.73 Å². The number of carbonyl (C=O) groups excluding carboxylic acids is 1. The van der Waals surface area contributed by atoms with Gasteiger partial charge in [0.25, 0.3) is 0 Å². The fraction of sp³-hybridized carbons (Fsp3) is 0.889. The van der Waals surface area contributed by atoms with Gasteiger partial charge in [0.15, 0.2) is 0 Å². The quantitative estimate of drug-likeness (QED) is 0.660. The Morgan fingerprint density at radius 1 is 1.45 bits per heavy atom. The maximum absolute atomic E-state index is 11.4. The van der Waals surface area contributed by atoms with Crippen molar-refractivity contribution in [2.24, 2.45) is 11.1 Å². The van der Waals surface area contributed by atoms with Gasteiger partial charge in [-0.1, -0.05) is 20.8 Å². The van der Waals surface area contributed by atoms with Crippen LogP contribution in [0.1, 0.15) is 40.0 Å². The Kier molecular flexibility index (Phi) is 4.34. The van der Waals surface area contributed by atoms with E-state index in [-0.39, 0.29) is 5.41 Å². The summed E-state index contributed by atoms with van der Waals surface area (Å²) in [4.78, 5) is 11.4.